The fourth-order valence-corrected chi connectivity index (χ4v) is 6.64. The van der Waals surface area contributed by atoms with Gasteiger partial charge in [-0.05, 0) is 35.5 Å². The van der Waals surface area contributed by atoms with Gasteiger partial charge in [0, 0.05) is 0 Å². The molecule has 2 saturated heterocycles. The highest BCUT2D eigenvalue weighted by Crippen LogP contribution is 2.96. The predicted molar refractivity (Wildman–Crippen MR) is 57.2 cm³/mol. The van der Waals surface area contributed by atoms with Crippen molar-refractivity contribution in [2.75, 3.05) is 0 Å². The summed E-state index contributed by atoms with van der Waals surface area (Å²) in [6, 6.07) is 0. The van der Waals surface area contributed by atoms with Crippen molar-refractivity contribution in [2.24, 2.45) is 46.3 Å². The summed E-state index contributed by atoms with van der Waals surface area (Å²) in [5.74, 6) is -3.13. The van der Waals surface area contributed by atoms with E-state index < -0.39 is 23.9 Å². The topological polar surface area (TPSA) is 86.7 Å². The number of fused-ring (bicyclic) bond motifs is 4. The second-order valence-electron chi connectivity index (χ2n) is 7.19. The first-order valence-corrected chi connectivity index (χ1v) is 7.05. The van der Waals surface area contributed by atoms with Gasteiger partial charge in [0.15, 0.2) is 0 Å². The minimum Gasteiger partial charge on any atom is -0.393 e. The number of esters is 4. The van der Waals surface area contributed by atoms with Gasteiger partial charge in [-0.1, -0.05) is 0 Å². The summed E-state index contributed by atoms with van der Waals surface area (Å²) in [6.45, 7) is 0. The highest BCUT2D eigenvalue weighted by Gasteiger charge is 2.98. The van der Waals surface area contributed by atoms with E-state index in [1.165, 1.54) is 0 Å². The van der Waals surface area contributed by atoms with Gasteiger partial charge in [0.25, 0.3) is 0 Å². The largest absolute Gasteiger partial charge is 0.393 e. The van der Waals surface area contributed by atoms with Crippen LogP contribution in [0.4, 0.5) is 0 Å². The lowest BCUT2D eigenvalue weighted by molar-refractivity contribution is -0.158. The van der Waals surface area contributed by atoms with Crippen LogP contribution in [0, 0.1) is 46.3 Å². The third-order valence-electron chi connectivity index (χ3n) is 7.14. The molecule has 6 nitrogen and oxygen atoms in total. The molecule has 0 amide bonds. The molecule has 6 fully saturated rings. The van der Waals surface area contributed by atoms with Crippen molar-refractivity contribution in [3.63, 3.8) is 0 Å². The molecule has 2 unspecified atom stereocenters. The zero-order valence-electron chi connectivity index (χ0n) is 10.3. The van der Waals surface area contributed by atoms with E-state index in [0.29, 0.717) is 0 Å². The van der Waals surface area contributed by atoms with Gasteiger partial charge in [-0.2, -0.15) is 0 Å². The monoisotopic (exact) mass is 274 g/mol. The van der Waals surface area contributed by atoms with Crippen LogP contribution >= 0.6 is 0 Å². The lowest BCUT2D eigenvalue weighted by Gasteiger charge is -2.51. The molecular weight excluding hydrogens is 264 g/mol. The number of cyclic esters (lactones) is 4. The Morgan fingerprint density at radius 2 is 1.10 bits per heavy atom. The summed E-state index contributed by atoms with van der Waals surface area (Å²) >= 11 is 0. The van der Waals surface area contributed by atoms with Crippen molar-refractivity contribution in [3.05, 3.63) is 0 Å². The Bertz CT molecular complexity index is 595. The molecule has 0 bridgehead atoms. The van der Waals surface area contributed by atoms with Crippen LogP contribution in [0.2, 0.25) is 0 Å². The molecule has 0 N–H and O–H groups in total. The highest BCUT2D eigenvalue weighted by atomic mass is 16.6. The molecule has 2 heterocycles. The summed E-state index contributed by atoms with van der Waals surface area (Å²) < 4.78 is 9.64. The maximum atomic E-state index is 11.9. The lowest BCUT2D eigenvalue weighted by atomic mass is 9.46. The zero-order valence-corrected chi connectivity index (χ0v) is 10.3. The van der Waals surface area contributed by atoms with Crippen LogP contribution in [0.25, 0.3) is 0 Å². The number of rotatable bonds is 0. The molecule has 6 rings (SSSR count). The standard InChI is InChI=1S/C14H10O6/c15-9-5-3-1-13(3)7-8(12(18)20-11(7)17)14(13)2-4(14)6(5)10(16)19-9/h3-8H,1-2H2/t3-,4+,5+,6-,7-,8?,13-,14?/m0/s1. The predicted octanol–water partition coefficient (Wildman–Crippen LogP) is -0.342. The van der Waals surface area contributed by atoms with Crippen molar-refractivity contribution >= 4 is 23.9 Å². The summed E-state index contributed by atoms with van der Waals surface area (Å²) in [5, 5.41) is 0. The minimum absolute atomic E-state index is 0.0323. The van der Waals surface area contributed by atoms with Crippen LogP contribution in [-0.2, 0) is 28.7 Å². The molecule has 2 spiro atoms. The van der Waals surface area contributed by atoms with Crippen molar-refractivity contribution in [1.29, 1.82) is 0 Å². The number of hydrogen-bond acceptors (Lipinski definition) is 6. The van der Waals surface area contributed by atoms with E-state index in [0.717, 1.165) is 12.8 Å². The normalized spacial score (nSPS) is 63.2. The fourth-order valence-electron chi connectivity index (χ4n) is 6.64. The third kappa shape index (κ3) is 0.636. The fraction of sp³-hybridized carbons (Fsp3) is 0.714. The Hall–Kier alpha value is -1.72. The van der Waals surface area contributed by atoms with Gasteiger partial charge in [-0.15, -0.1) is 0 Å². The van der Waals surface area contributed by atoms with Gasteiger partial charge in [0.2, 0.25) is 0 Å². The van der Waals surface area contributed by atoms with Crippen LogP contribution in [0.15, 0.2) is 0 Å². The average Bonchev–Trinajstić information content (AvgIpc) is 3.22. The van der Waals surface area contributed by atoms with E-state index in [4.69, 9.17) is 9.47 Å². The van der Waals surface area contributed by atoms with Crippen LogP contribution in [0.1, 0.15) is 12.8 Å². The quantitative estimate of drug-likeness (QED) is 0.443. The average molecular weight is 274 g/mol. The first kappa shape index (κ1) is 10.1. The minimum atomic E-state index is -0.427. The van der Waals surface area contributed by atoms with Gasteiger partial charge >= 0.3 is 23.9 Å². The van der Waals surface area contributed by atoms with Gasteiger partial charge in [-0.3, -0.25) is 19.2 Å². The third-order valence-corrected chi connectivity index (χ3v) is 7.14. The Labute approximate surface area is 112 Å². The lowest BCUT2D eigenvalue weighted by Crippen LogP contribution is -2.58. The zero-order chi connectivity index (χ0) is 13.6. The molecule has 2 aliphatic heterocycles. The summed E-state index contributed by atoms with van der Waals surface area (Å²) in [4.78, 5) is 47.6. The SMILES string of the molecule is O=C1OC(=O)[C@@H]2C1C13C[C@@H]1[C@@H]1C(=O)OC(=O)[C@@H]1[C@@H]1C[C@@]213. The van der Waals surface area contributed by atoms with Crippen LogP contribution in [0.3, 0.4) is 0 Å². The molecule has 0 aromatic rings. The molecule has 6 aliphatic rings. The molecule has 20 heavy (non-hydrogen) atoms. The van der Waals surface area contributed by atoms with Crippen molar-refractivity contribution in [3.8, 4) is 0 Å². The van der Waals surface area contributed by atoms with E-state index >= 15 is 0 Å². The Balaban J connectivity index is 1.54. The molecule has 6 heteroatoms. The maximum absolute atomic E-state index is 11.9. The second-order valence-corrected chi connectivity index (χ2v) is 7.19. The highest BCUT2D eigenvalue weighted by molar-refractivity contribution is 6.03. The van der Waals surface area contributed by atoms with Crippen LogP contribution in [-0.4, -0.2) is 23.9 Å². The van der Waals surface area contributed by atoms with Crippen molar-refractivity contribution < 1.29 is 28.7 Å². The molecule has 0 aromatic heterocycles. The first-order chi connectivity index (χ1) is 9.54. The molecular formula is C14H10O6. The van der Waals surface area contributed by atoms with Crippen molar-refractivity contribution in [1.82, 2.24) is 0 Å². The molecule has 4 aliphatic carbocycles. The van der Waals surface area contributed by atoms with Crippen LogP contribution in [0.5, 0.6) is 0 Å². The Kier molecular flexibility index (Phi) is 1.18. The smallest absolute Gasteiger partial charge is 0.318 e. The van der Waals surface area contributed by atoms with Gasteiger partial charge < -0.3 is 9.47 Å². The van der Waals surface area contributed by atoms with Crippen molar-refractivity contribution in [2.45, 2.75) is 12.8 Å². The number of ether oxygens (including phenoxy) is 2. The first-order valence-electron chi connectivity index (χ1n) is 7.05. The second kappa shape index (κ2) is 2.34. The molecule has 102 valence electrons. The van der Waals surface area contributed by atoms with E-state index in [1.807, 2.05) is 0 Å². The Morgan fingerprint density at radius 3 is 1.55 bits per heavy atom. The molecule has 4 saturated carbocycles. The Morgan fingerprint density at radius 1 is 0.700 bits per heavy atom. The van der Waals surface area contributed by atoms with Gasteiger partial charge in [0.05, 0.1) is 23.7 Å². The molecule has 8 atom stereocenters. The van der Waals surface area contributed by atoms with Crippen LogP contribution < -0.4 is 0 Å². The maximum Gasteiger partial charge on any atom is 0.318 e. The van der Waals surface area contributed by atoms with Gasteiger partial charge in [-0.25, -0.2) is 0 Å². The summed E-state index contributed by atoms with van der Waals surface area (Å²) in [5.41, 5.74) is -0.479. The number of hydrogen-bond donors (Lipinski definition) is 0. The number of carbonyl (C=O) groups is 4. The number of carbonyl (C=O) groups excluding carboxylic acids is 4. The van der Waals surface area contributed by atoms with E-state index in [9.17, 15) is 19.2 Å². The molecule has 0 aromatic carbocycles. The van der Waals surface area contributed by atoms with E-state index in [-0.39, 0.29) is 46.3 Å². The van der Waals surface area contributed by atoms with Gasteiger partial charge in [0.1, 0.15) is 0 Å². The molecule has 0 radical (unpaired) electrons. The summed E-state index contributed by atoms with van der Waals surface area (Å²) in [6.07, 6.45) is 1.52. The van der Waals surface area contributed by atoms with E-state index in [2.05, 4.69) is 0 Å². The van der Waals surface area contributed by atoms with E-state index in [1.54, 1.807) is 0 Å². The summed E-state index contributed by atoms with van der Waals surface area (Å²) in [7, 11) is 0.